The highest BCUT2D eigenvalue weighted by atomic mass is 127. The number of hydrogen-bond acceptors (Lipinski definition) is 4. The Labute approximate surface area is 188 Å². The summed E-state index contributed by atoms with van der Waals surface area (Å²) in [5, 5.41) is 6.97. The monoisotopic (exact) mass is 508 g/mol. The second-order valence-corrected chi connectivity index (χ2v) is 8.16. The second-order valence-electron chi connectivity index (χ2n) is 8.16. The van der Waals surface area contributed by atoms with Crippen LogP contribution in [-0.4, -0.2) is 99.1 Å². The van der Waals surface area contributed by atoms with Crippen molar-refractivity contribution < 1.29 is 4.79 Å². The van der Waals surface area contributed by atoms with Gasteiger partial charge >= 0.3 is 0 Å². The van der Waals surface area contributed by atoms with Gasteiger partial charge in [-0.15, -0.1) is 24.0 Å². The first kappa shape index (κ1) is 25.4. The zero-order valence-electron chi connectivity index (χ0n) is 18.2. The molecular formula is C20H41IN6O. The molecule has 7 nitrogen and oxygen atoms in total. The van der Waals surface area contributed by atoms with Gasteiger partial charge in [-0.1, -0.05) is 12.8 Å². The third kappa shape index (κ3) is 8.82. The van der Waals surface area contributed by atoms with E-state index in [2.05, 4.69) is 34.4 Å². The lowest BCUT2D eigenvalue weighted by molar-refractivity contribution is -0.130. The largest absolute Gasteiger partial charge is 0.357 e. The molecule has 0 radical (unpaired) electrons. The smallest absolute Gasteiger partial charge is 0.236 e. The van der Waals surface area contributed by atoms with Crippen molar-refractivity contribution in [2.24, 2.45) is 4.99 Å². The molecule has 2 N–H and O–H groups in total. The maximum absolute atomic E-state index is 11.9. The van der Waals surface area contributed by atoms with Crippen molar-refractivity contribution in [3.05, 3.63) is 0 Å². The summed E-state index contributed by atoms with van der Waals surface area (Å²) in [7, 11) is 5.87. The van der Waals surface area contributed by atoms with Gasteiger partial charge in [-0.05, 0) is 39.7 Å². The quantitative estimate of drug-likeness (QED) is 0.296. The predicted octanol–water partition coefficient (Wildman–Crippen LogP) is 1.59. The molecule has 2 fully saturated rings. The number of guanidine groups is 1. The first-order valence-corrected chi connectivity index (χ1v) is 10.7. The Balaban J connectivity index is 0.00000392. The average molecular weight is 508 g/mol. The Kier molecular flexibility index (Phi) is 12.3. The third-order valence-electron chi connectivity index (χ3n) is 5.80. The molecule has 1 saturated carbocycles. The lowest BCUT2D eigenvalue weighted by atomic mass is 10.1. The van der Waals surface area contributed by atoms with Crippen LogP contribution in [0.2, 0.25) is 0 Å². The molecule has 0 aromatic heterocycles. The molecule has 1 amide bonds. The predicted molar refractivity (Wildman–Crippen MR) is 128 cm³/mol. The molecule has 1 saturated heterocycles. The summed E-state index contributed by atoms with van der Waals surface area (Å²) < 4.78 is 0. The van der Waals surface area contributed by atoms with E-state index < -0.39 is 0 Å². The van der Waals surface area contributed by atoms with Crippen LogP contribution in [0.15, 0.2) is 4.99 Å². The van der Waals surface area contributed by atoms with Gasteiger partial charge in [-0.3, -0.25) is 14.7 Å². The summed E-state index contributed by atoms with van der Waals surface area (Å²) in [4.78, 5) is 23.0. The number of carbonyl (C=O) groups excluding carboxylic acids is 1. The molecule has 1 heterocycles. The van der Waals surface area contributed by atoms with Crippen molar-refractivity contribution in [3.8, 4) is 0 Å². The molecule has 0 atom stereocenters. The molecule has 2 aliphatic rings. The number of amides is 1. The van der Waals surface area contributed by atoms with Crippen molar-refractivity contribution >= 4 is 35.8 Å². The van der Waals surface area contributed by atoms with Crippen LogP contribution in [0.25, 0.3) is 0 Å². The Morgan fingerprint density at radius 2 is 1.75 bits per heavy atom. The number of nitrogens with one attached hydrogen (secondary N) is 2. The van der Waals surface area contributed by atoms with Crippen LogP contribution in [0, 0.1) is 0 Å². The number of likely N-dealkylation sites (tertiary alicyclic amines) is 1. The van der Waals surface area contributed by atoms with E-state index in [9.17, 15) is 4.79 Å². The molecule has 164 valence electrons. The molecule has 0 aromatic rings. The van der Waals surface area contributed by atoms with Gasteiger partial charge in [0.25, 0.3) is 0 Å². The van der Waals surface area contributed by atoms with E-state index in [1.807, 2.05) is 14.1 Å². The van der Waals surface area contributed by atoms with Crippen LogP contribution < -0.4 is 10.6 Å². The second kappa shape index (κ2) is 13.6. The summed E-state index contributed by atoms with van der Waals surface area (Å²) in [5.41, 5.74) is 0. The number of aliphatic imine (C=N–C) groups is 1. The summed E-state index contributed by atoms with van der Waals surface area (Å²) >= 11 is 0. The van der Waals surface area contributed by atoms with E-state index in [1.54, 1.807) is 4.90 Å². The zero-order chi connectivity index (χ0) is 19.6. The van der Waals surface area contributed by atoms with Crippen LogP contribution in [-0.2, 0) is 4.79 Å². The fourth-order valence-electron chi connectivity index (χ4n) is 3.93. The highest BCUT2D eigenvalue weighted by Crippen LogP contribution is 2.21. The van der Waals surface area contributed by atoms with Gasteiger partial charge in [0.15, 0.2) is 5.96 Å². The number of piperidine rings is 1. The van der Waals surface area contributed by atoms with Crippen molar-refractivity contribution in [2.75, 3.05) is 60.4 Å². The lowest BCUT2D eigenvalue weighted by Crippen LogP contribution is -2.50. The van der Waals surface area contributed by atoms with E-state index in [0.717, 1.165) is 57.6 Å². The highest BCUT2D eigenvalue weighted by Gasteiger charge is 2.22. The van der Waals surface area contributed by atoms with Gasteiger partial charge < -0.3 is 20.4 Å². The van der Waals surface area contributed by atoms with Crippen LogP contribution in [0.5, 0.6) is 0 Å². The van der Waals surface area contributed by atoms with Gasteiger partial charge in [0.1, 0.15) is 0 Å². The topological polar surface area (TPSA) is 63.2 Å². The first-order chi connectivity index (χ1) is 13.0. The Morgan fingerprint density at radius 1 is 1.11 bits per heavy atom. The highest BCUT2D eigenvalue weighted by molar-refractivity contribution is 14.0. The number of rotatable bonds is 8. The van der Waals surface area contributed by atoms with Crippen molar-refractivity contribution in [1.82, 2.24) is 25.3 Å². The molecule has 2 rings (SSSR count). The van der Waals surface area contributed by atoms with Crippen LogP contribution in [0.3, 0.4) is 0 Å². The fraction of sp³-hybridized carbons (Fsp3) is 0.900. The van der Waals surface area contributed by atoms with E-state index >= 15 is 0 Å². The van der Waals surface area contributed by atoms with Crippen LogP contribution in [0.1, 0.15) is 45.4 Å². The van der Waals surface area contributed by atoms with Gasteiger partial charge in [-0.25, -0.2) is 0 Å². The summed E-state index contributed by atoms with van der Waals surface area (Å²) in [6, 6.07) is 1.19. The standard InChI is InChI=1S/C20H40N6O.HI/c1-5-21-20(22-12-15-25(4)18-8-6-7-9-18)23-17-10-13-26(14-11-17)16-19(27)24(2)3;/h17-18H,5-16H2,1-4H3,(H2,21,22,23);1H. The maximum atomic E-state index is 11.9. The number of halogens is 1. The van der Waals surface area contributed by atoms with Crippen LogP contribution >= 0.6 is 24.0 Å². The number of carbonyl (C=O) groups is 1. The zero-order valence-corrected chi connectivity index (χ0v) is 20.6. The molecule has 28 heavy (non-hydrogen) atoms. The Hall–Kier alpha value is -0.610. The SMILES string of the molecule is CCNC(=NCCN(C)C1CCCC1)NC1CCN(CC(=O)N(C)C)CC1.I. The molecule has 8 heteroatoms. The maximum Gasteiger partial charge on any atom is 0.236 e. The van der Waals surface area contributed by atoms with E-state index in [-0.39, 0.29) is 29.9 Å². The molecule has 1 aliphatic carbocycles. The number of likely N-dealkylation sites (N-methyl/N-ethyl adjacent to an activating group) is 2. The van der Waals surface area contributed by atoms with Gasteiger partial charge in [0.05, 0.1) is 13.1 Å². The third-order valence-corrected chi connectivity index (χ3v) is 5.80. The molecule has 0 spiro atoms. The summed E-state index contributed by atoms with van der Waals surface area (Å²) in [5.74, 6) is 1.11. The fourth-order valence-corrected chi connectivity index (χ4v) is 3.93. The minimum atomic E-state index is 0. The Bertz CT molecular complexity index is 473. The minimum absolute atomic E-state index is 0. The molecule has 0 bridgehead atoms. The lowest BCUT2D eigenvalue weighted by Gasteiger charge is -2.33. The minimum Gasteiger partial charge on any atom is -0.357 e. The van der Waals surface area contributed by atoms with E-state index in [4.69, 9.17) is 4.99 Å². The van der Waals surface area contributed by atoms with Crippen molar-refractivity contribution in [3.63, 3.8) is 0 Å². The molecule has 0 aromatic carbocycles. The van der Waals surface area contributed by atoms with Gasteiger partial charge in [0.2, 0.25) is 5.91 Å². The van der Waals surface area contributed by atoms with Crippen molar-refractivity contribution in [1.29, 1.82) is 0 Å². The normalized spacial score (nSPS) is 19.5. The van der Waals surface area contributed by atoms with Crippen LogP contribution in [0.4, 0.5) is 0 Å². The van der Waals surface area contributed by atoms with Gasteiger partial charge in [0, 0.05) is 52.4 Å². The van der Waals surface area contributed by atoms with Crippen molar-refractivity contribution in [2.45, 2.75) is 57.5 Å². The summed E-state index contributed by atoms with van der Waals surface area (Å²) in [6.07, 6.45) is 7.53. The first-order valence-electron chi connectivity index (χ1n) is 10.7. The van der Waals surface area contributed by atoms with Gasteiger partial charge in [-0.2, -0.15) is 0 Å². The Morgan fingerprint density at radius 3 is 2.32 bits per heavy atom. The van der Waals surface area contributed by atoms with E-state index in [0.29, 0.717) is 12.6 Å². The molecule has 0 unspecified atom stereocenters. The number of hydrogen-bond donors (Lipinski definition) is 2. The molecular weight excluding hydrogens is 467 g/mol. The van der Waals surface area contributed by atoms with E-state index in [1.165, 1.54) is 25.7 Å². The summed E-state index contributed by atoms with van der Waals surface area (Å²) in [6.45, 7) is 7.28. The molecule has 1 aliphatic heterocycles. The average Bonchev–Trinajstić information content (AvgIpc) is 3.18. The number of nitrogens with zero attached hydrogens (tertiary/aromatic N) is 4.